The molecule has 1 heterocycles. The van der Waals surface area contributed by atoms with Crippen LogP contribution in [0.2, 0.25) is 0 Å². The SMILES string of the molecule is CNC(CO)c1ccc(C2CCN(C)CC2)cc1. The zero-order chi connectivity index (χ0) is 13.0. The van der Waals surface area contributed by atoms with Crippen molar-refractivity contribution in [2.75, 3.05) is 33.8 Å². The molecule has 2 N–H and O–H groups in total. The van der Waals surface area contributed by atoms with Crippen LogP contribution in [0.25, 0.3) is 0 Å². The molecule has 1 fully saturated rings. The van der Waals surface area contributed by atoms with Gasteiger partial charge in [-0.25, -0.2) is 0 Å². The highest BCUT2D eigenvalue weighted by molar-refractivity contribution is 5.27. The third-order valence-electron chi connectivity index (χ3n) is 4.06. The number of benzene rings is 1. The van der Waals surface area contributed by atoms with Gasteiger partial charge < -0.3 is 15.3 Å². The lowest BCUT2D eigenvalue weighted by atomic mass is 9.89. The molecule has 1 unspecified atom stereocenters. The van der Waals surface area contributed by atoms with E-state index in [1.165, 1.54) is 31.5 Å². The molecule has 0 radical (unpaired) electrons. The van der Waals surface area contributed by atoms with Gasteiger partial charge in [0.1, 0.15) is 0 Å². The second-order valence-corrected chi connectivity index (χ2v) is 5.27. The van der Waals surface area contributed by atoms with Gasteiger partial charge in [0.05, 0.1) is 12.6 Å². The predicted octanol–water partition coefficient (Wildman–Crippen LogP) is 1.75. The molecular weight excluding hydrogens is 224 g/mol. The Labute approximate surface area is 110 Å². The summed E-state index contributed by atoms with van der Waals surface area (Å²) in [6.07, 6.45) is 2.51. The smallest absolute Gasteiger partial charge is 0.0626 e. The van der Waals surface area contributed by atoms with E-state index in [0.29, 0.717) is 5.92 Å². The van der Waals surface area contributed by atoms with Crippen molar-refractivity contribution in [3.05, 3.63) is 35.4 Å². The van der Waals surface area contributed by atoms with E-state index in [0.717, 1.165) is 5.56 Å². The van der Waals surface area contributed by atoms with E-state index in [2.05, 4.69) is 41.5 Å². The monoisotopic (exact) mass is 248 g/mol. The molecule has 3 heteroatoms. The Morgan fingerprint density at radius 2 is 1.89 bits per heavy atom. The Morgan fingerprint density at radius 1 is 1.28 bits per heavy atom. The largest absolute Gasteiger partial charge is 0.394 e. The van der Waals surface area contributed by atoms with Crippen molar-refractivity contribution < 1.29 is 5.11 Å². The highest BCUT2D eigenvalue weighted by Crippen LogP contribution is 2.28. The first-order valence-corrected chi connectivity index (χ1v) is 6.81. The number of nitrogens with one attached hydrogen (secondary N) is 1. The zero-order valence-corrected chi connectivity index (χ0v) is 11.4. The minimum Gasteiger partial charge on any atom is -0.394 e. The van der Waals surface area contributed by atoms with Crippen LogP contribution in [0.15, 0.2) is 24.3 Å². The number of aliphatic hydroxyl groups excluding tert-OH is 1. The second kappa shape index (κ2) is 6.32. The summed E-state index contributed by atoms with van der Waals surface area (Å²) in [4.78, 5) is 2.40. The van der Waals surface area contributed by atoms with E-state index in [1.807, 2.05) is 7.05 Å². The minimum atomic E-state index is 0.0524. The number of piperidine rings is 1. The Morgan fingerprint density at radius 3 is 2.39 bits per heavy atom. The first-order chi connectivity index (χ1) is 8.74. The van der Waals surface area contributed by atoms with Crippen LogP contribution in [0, 0.1) is 0 Å². The topological polar surface area (TPSA) is 35.5 Å². The lowest BCUT2D eigenvalue weighted by Gasteiger charge is -2.29. The van der Waals surface area contributed by atoms with Crippen LogP contribution in [0.3, 0.4) is 0 Å². The number of aliphatic hydroxyl groups is 1. The fourth-order valence-electron chi connectivity index (χ4n) is 2.71. The molecular formula is C15H24N2O. The number of likely N-dealkylation sites (N-methyl/N-ethyl adjacent to an activating group) is 1. The fraction of sp³-hybridized carbons (Fsp3) is 0.600. The third-order valence-corrected chi connectivity index (χ3v) is 4.06. The van der Waals surface area contributed by atoms with Crippen molar-refractivity contribution in [3.8, 4) is 0 Å². The first-order valence-electron chi connectivity index (χ1n) is 6.81. The van der Waals surface area contributed by atoms with Crippen LogP contribution < -0.4 is 5.32 Å². The predicted molar refractivity (Wildman–Crippen MR) is 74.8 cm³/mol. The van der Waals surface area contributed by atoms with Crippen molar-refractivity contribution in [2.24, 2.45) is 0 Å². The van der Waals surface area contributed by atoms with Gasteiger partial charge in [-0.05, 0) is 57.1 Å². The summed E-state index contributed by atoms with van der Waals surface area (Å²) in [5.41, 5.74) is 2.61. The Hall–Kier alpha value is -0.900. The molecule has 1 aromatic carbocycles. The van der Waals surface area contributed by atoms with E-state index in [1.54, 1.807) is 0 Å². The molecule has 100 valence electrons. The van der Waals surface area contributed by atoms with E-state index in [-0.39, 0.29) is 12.6 Å². The van der Waals surface area contributed by atoms with Crippen molar-refractivity contribution in [1.82, 2.24) is 10.2 Å². The van der Waals surface area contributed by atoms with Gasteiger partial charge >= 0.3 is 0 Å². The summed E-state index contributed by atoms with van der Waals surface area (Å²) >= 11 is 0. The molecule has 1 saturated heterocycles. The summed E-state index contributed by atoms with van der Waals surface area (Å²) in [6, 6.07) is 8.80. The van der Waals surface area contributed by atoms with Gasteiger partial charge in [0.25, 0.3) is 0 Å². The molecule has 1 aromatic rings. The molecule has 1 aliphatic heterocycles. The number of hydrogen-bond donors (Lipinski definition) is 2. The van der Waals surface area contributed by atoms with Gasteiger partial charge in [0.15, 0.2) is 0 Å². The summed E-state index contributed by atoms with van der Waals surface area (Å²) < 4.78 is 0. The maximum Gasteiger partial charge on any atom is 0.0626 e. The molecule has 2 rings (SSSR count). The van der Waals surface area contributed by atoms with Crippen LogP contribution in [0.4, 0.5) is 0 Å². The number of nitrogens with zero attached hydrogens (tertiary/aromatic N) is 1. The Balaban J connectivity index is 2.03. The van der Waals surface area contributed by atoms with Gasteiger partial charge in [-0.1, -0.05) is 24.3 Å². The highest BCUT2D eigenvalue weighted by Gasteiger charge is 2.18. The maximum absolute atomic E-state index is 9.26. The van der Waals surface area contributed by atoms with Crippen molar-refractivity contribution in [3.63, 3.8) is 0 Å². The van der Waals surface area contributed by atoms with E-state index in [4.69, 9.17) is 0 Å². The van der Waals surface area contributed by atoms with Crippen LogP contribution >= 0.6 is 0 Å². The first kappa shape index (κ1) is 13.5. The lowest BCUT2D eigenvalue weighted by Crippen LogP contribution is -2.29. The minimum absolute atomic E-state index is 0.0524. The summed E-state index contributed by atoms with van der Waals surface area (Å²) in [6.45, 7) is 2.54. The van der Waals surface area contributed by atoms with Gasteiger partial charge in [-0.2, -0.15) is 0 Å². The molecule has 0 amide bonds. The number of rotatable bonds is 4. The molecule has 0 aromatic heterocycles. The van der Waals surface area contributed by atoms with Crippen molar-refractivity contribution in [1.29, 1.82) is 0 Å². The molecule has 0 aliphatic carbocycles. The molecule has 0 bridgehead atoms. The summed E-state index contributed by atoms with van der Waals surface area (Å²) in [5, 5.41) is 12.4. The third kappa shape index (κ3) is 3.10. The zero-order valence-electron chi connectivity index (χ0n) is 11.4. The van der Waals surface area contributed by atoms with Crippen LogP contribution in [0.1, 0.15) is 35.9 Å². The standard InChI is InChI=1S/C15H24N2O/c1-16-15(11-18)14-5-3-12(4-6-14)13-7-9-17(2)10-8-13/h3-6,13,15-16,18H,7-11H2,1-2H3. The van der Waals surface area contributed by atoms with Gasteiger partial charge in [0, 0.05) is 0 Å². The van der Waals surface area contributed by atoms with Crippen LogP contribution in [0.5, 0.6) is 0 Å². The lowest BCUT2D eigenvalue weighted by molar-refractivity contribution is 0.250. The highest BCUT2D eigenvalue weighted by atomic mass is 16.3. The number of hydrogen-bond acceptors (Lipinski definition) is 3. The van der Waals surface area contributed by atoms with E-state index >= 15 is 0 Å². The maximum atomic E-state index is 9.26. The molecule has 1 aliphatic rings. The summed E-state index contributed by atoms with van der Waals surface area (Å²) in [5.74, 6) is 0.706. The van der Waals surface area contributed by atoms with Crippen LogP contribution in [-0.4, -0.2) is 43.8 Å². The normalized spacial score (nSPS) is 19.9. The molecule has 18 heavy (non-hydrogen) atoms. The van der Waals surface area contributed by atoms with Crippen molar-refractivity contribution in [2.45, 2.75) is 24.8 Å². The number of likely N-dealkylation sites (tertiary alicyclic amines) is 1. The quantitative estimate of drug-likeness (QED) is 0.852. The second-order valence-electron chi connectivity index (χ2n) is 5.27. The molecule has 1 atom stereocenters. The van der Waals surface area contributed by atoms with E-state index in [9.17, 15) is 5.11 Å². The summed E-state index contributed by atoms with van der Waals surface area (Å²) in [7, 11) is 4.07. The van der Waals surface area contributed by atoms with Crippen LogP contribution in [-0.2, 0) is 0 Å². The average molecular weight is 248 g/mol. The van der Waals surface area contributed by atoms with Gasteiger partial charge in [0.2, 0.25) is 0 Å². The van der Waals surface area contributed by atoms with Crippen molar-refractivity contribution >= 4 is 0 Å². The van der Waals surface area contributed by atoms with E-state index < -0.39 is 0 Å². The molecule has 0 saturated carbocycles. The fourth-order valence-corrected chi connectivity index (χ4v) is 2.71. The van der Waals surface area contributed by atoms with Gasteiger partial charge in [-0.3, -0.25) is 0 Å². The Kier molecular flexibility index (Phi) is 4.75. The Bertz CT molecular complexity index is 351. The molecule has 3 nitrogen and oxygen atoms in total. The average Bonchev–Trinajstić information content (AvgIpc) is 2.42. The van der Waals surface area contributed by atoms with Gasteiger partial charge in [-0.15, -0.1) is 0 Å². The molecule has 0 spiro atoms.